The molecule has 0 saturated carbocycles. The molecule has 2 heterocycles. The highest BCUT2D eigenvalue weighted by Crippen LogP contribution is 2.38. The molecular weight excluding hydrogens is 682 g/mol. The lowest BCUT2D eigenvalue weighted by Gasteiger charge is -2.20. The Balaban J connectivity index is 0.000000234. The number of halogens is 1. The van der Waals surface area contributed by atoms with Crippen molar-refractivity contribution in [2.45, 2.75) is 63.5 Å². The normalized spacial score (nSPS) is 13.7. The highest BCUT2D eigenvalue weighted by atomic mass is 35.5. The second-order valence-corrected chi connectivity index (χ2v) is 12.8. The molecule has 2 aliphatic carbocycles. The van der Waals surface area contributed by atoms with Gasteiger partial charge < -0.3 is 25.8 Å². The Morgan fingerprint density at radius 1 is 0.750 bits per heavy atom. The fourth-order valence-electron chi connectivity index (χ4n) is 6.90. The molecule has 0 aliphatic heterocycles. The molecule has 0 radical (unpaired) electrons. The van der Waals surface area contributed by atoms with E-state index < -0.39 is 24.0 Å². The third-order valence-corrected chi connectivity index (χ3v) is 9.38. The first-order valence-corrected chi connectivity index (χ1v) is 17.2. The topological polar surface area (TPSA) is 177 Å². The predicted molar refractivity (Wildman–Crippen MR) is 201 cm³/mol. The summed E-state index contributed by atoms with van der Waals surface area (Å²) in [5.74, 6) is -0.873. The number of esters is 2. The van der Waals surface area contributed by atoms with Gasteiger partial charge in [-0.15, -0.1) is 12.4 Å². The number of fused-ring (bicyclic) bond motifs is 2. The highest BCUT2D eigenvalue weighted by Gasteiger charge is 2.27. The maximum Gasteiger partial charge on any atom is 0.328 e. The van der Waals surface area contributed by atoms with E-state index in [4.69, 9.17) is 10.5 Å². The number of amides is 2. The van der Waals surface area contributed by atoms with Crippen molar-refractivity contribution in [1.82, 2.24) is 25.7 Å². The third kappa shape index (κ3) is 9.06. The van der Waals surface area contributed by atoms with Gasteiger partial charge in [0.2, 0.25) is 0 Å². The SMILES string of the molecule is COC(=O)C(Cc1cccc(-c2ccn[nH]2)c1)NC(=O)Nc1c2c(cc3c1CCC3)CCC2.COC(=O)C(N)Cc1cccc(-c2ccn[nH]2)c1.Cl. The molecule has 12 nitrogen and oxygen atoms in total. The lowest BCUT2D eigenvalue weighted by atomic mass is 9.99. The largest absolute Gasteiger partial charge is 0.468 e. The summed E-state index contributed by atoms with van der Waals surface area (Å²) in [6, 6.07) is 19.9. The van der Waals surface area contributed by atoms with Crippen LogP contribution in [0.5, 0.6) is 0 Å². The van der Waals surface area contributed by atoms with Crippen LogP contribution in [0.1, 0.15) is 46.2 Å². The maximum absolute atomic E-state index is 13.0. The van der Waals surface area contributed by atoms with E-state index in [2.05, 4.69) is 41.8 Å². The number of anilines is 1. The number of hydrogen-bond donors (Lipinski definition) is 5. The van der Waals surface area contributed by atoms with Crippen LogP contribution in [-0.2, 0) is 57.6 Å². The van der Waals surface area contributed by atoms with E-state index in [1.165, 1.54) is 36.5 Å². The number of aromatic nitrogens is 4. The van der Waals surface area contributed by atoms with Gasteiger partial charge in [0.15, 0.2) is 0 Å². The van der Waals surface area contributed by atoms with Gasteiger partial charge in [-0.2, -0.15) is 10.2 Å². The van der Waals surface area contributed by atoms with E-state index in [0.29, 0.717) is 12.8 Å². The number of aryl methyl sites for hydroxylation is 2. The van der Waals surface area contributed by atoms with Crippen LogP contribution in [0.15, 0.2) is 79.1 Å². The van der Waals surface area contributed by atoms with Gasteiger partial charge in [-0.25, -0.2) is 9.59 Å². The minimum absolute atomic E-state index is 0. The fraction of sp³-hybridized carbons (Fsp3) is 0.308. The number of aromatic amines is 2. The summed E-state index contributed by atoms with van der Waals surface area (Å²) in [6.45, 7) is 0. The number of methoxy groups -OCH3 is 2. The average molecular weight is 726 g/mol. The molecule has 3 aromatic carbocycles. The zero-order chi connectivity index (χ0) is 35.7. The highest BCUT2D eigenvalue weighted by molar-refractivity contribution is 5.94. The summed E-state index contributed by atoms with van der Waals surface area (Å²) >= 11 is 0. The standard InChI is InChI=1S/C26H28N4O3.C13H15N3O2.ClH/c1-33-25(31)23(14-16-5-2-8-19(13-16)22-11-12-27-30-22)28-26(32)29-24-20-9-3-6-17(20)15-18-7-4-10-21(18)24;1-18-13(17)11(14)8-9-3-2-4-10(7-9)12-5-6-15-16-12;/h2,5,8,11-13,15,23H,3-4,6-7,9-10,14H2,1H3,(H,27,30)(H2,28,29,32);2-7,11H,8,14H2,1H3,(H,15,16);1H. The van der Waals surface area contributed by atoms with Crippen LogP contribution in [-0.4, -0.2) is 64.7 Å². The number of carbonyl (C=O) groups excluding carboxylic acids is 3. The Morgan fingerprint density at radius 2 is 1.29 bits per heavy atom. The van der Waals surface area contributed by atoms with E-state index in [9.17, 15) is 14.4 Å². The molecule has 2 atom stereocenters. The first-order valence-electron chi connectivity index (χ1n) is 17.2. The van der Waals surface area contributed by atoms with Crippen molar-refractivity contribution in [2.75, 3.05) is 19.5 Å². The van der Waals surface area contributed by atoms with Crippen LogP contribution in [0.25, 0.3) is 22.5 Å². The number of urea groups is 1. The van der Waals surface area contributed by atoms with Gasteiger partial charge >= 0.3 is 18.0 Å². The monoisotopic (exact) mass is 725 g/mol. The predicted octanol–water partition coefficient (Wildman–Crippen LogP) is 5.50. The summed E-state index contributed by atoms with van der Waals surface area (Å²) in [5.41, 5.74) is 17.6. The van der Waals surface area contributed by atoms with Gasteiger partial charge in [0.25, 0.3) is 0 Å². The van der Waals surface area contributed by atoms with E-state index >= 15 is 0 Å². The van der Waals surface area contributed by atoms with Crippen LogP contribution >= 0.6 is 12.4 Å². The molecule has 0 saturated heterocycles. The molecule has 272 valence electrons. The quantitative estimate of drug-likeness (QED) is 0.117. The van der Waals surface area contributed by atoms with Gasteiger partial charge in [0.1, 0.15) is 12.1 Å². The van der Waals surface area contributed by atoms with Crippen LogP contribution in [0, 0.1) is 0 Å². The molecular formula is C39H44ClN7O5. The summed E-state index contributed by atoms with van der Waals surface area (Å²) in [4.78, 5) is 36.8. The van der Waals surface area contributed by atoms with Crippen LogP contribution in [0.3, 0.4) is 0 Å². The second-order valence-electron chi connectivity index (χ2n) is 12.8. The Hall–Kier alpha value is -5.46. The average Bonchev–Trinajstić information content (AvgIpc) is 3.99. The fourth-order valence-corrected chi connectivity index (χ4v) is 6.90. The molecule has 2 amide bonds. The van der Waals surface area contributed by atoms with Gasteiger partial charge in [0, 0.05) is 24.5 Å². The number of nitrogens with two attached hydrogens (primary N) is 1. The zero-order valence-corrected chi connectivity index (χ0v) is 30.1. The Labute approximate surface area is 308 Å². The molecule has 7 rings (SSSR count). The van der Waals surface area contributed by atoms with Crippen molar-refractivity contribution in [3.05, 3.63) is 113 Å². The summed E-state index contributed by atoms with van der Waals surface area (Å²) in [5, 5.41) is 19.7. The molecule has 5 aromatic rings. The number of hydrogen-bond acceptors (Lipinski definition) is 8. The first kappa shape index (κ1) is 37.8. The van der Waals surface area contributed by atoms with Crippen molar-refractivity contribution in [3.63, 3.8) is 0 Å². The van der Waals surface area contributed by atoms with Crippen molar-refractivity contribution in [3.8, 4) is 22.5 Å². The number of carbonyl (C=O) groups is 3. The molecule has 2 unspecified atom stereocenters. The number of ether oxygens (including phenoxy) is 2. The number of nitrogens with one attached hydrogen (secondary N) is 4. The van der Waals surface area contributed by atoms with E-state index in [1.54, 1.807) is 12.4 Å². The van der Waals surface area contributed by atoms with Gasteiger partial charge in [-0.1, -0.05) is 42.5 Å². The van der Waals surface area contributed by atoms with E-state index in [1.807, 2.05) is 60.7 Å². The second kappa shape index (κ2) is 17.7. The molecule has 0 bridgehead atoms. The zero-order valence-electron chi connectivity index (χ0n) is 29.2. The van der Waals surface area contributed by atoms with Crippen molar-refractivity contribution in [1.29, 1.82) is 0 Å². The number of nitrogens with zero attached hydrogens (tertiary/aromatic N) is 2. The number of rotatable bonds is 10. The minimum atomic E-state index is -0.795. The molecule has 2 aromatic heterocycles. The summed E-state index contributed by atoms with van der Waals surface area (Å²) in [7, 11) is 2.68. The molecule has 6 N–H and O–H groups in total. The Morgan fingerprint density at radius 3 is 1.79 bits per heavy atom. The van der Waals surface area contributed by atoms with Crippen molar-refractivity contribution in [2.24, 2.45) is 5.73 Å². The van der Waals surface area contributed by atoms with Gasteiger partial charge in [0.05, 0.1) is 25.6 Å². The van der Waals surface area contributed by atoms with Gasteiger partial charge in [-0.3, -0.25) is 15.0 Å². The van der Waals surface area contributed by atoms with Crippen LogP contribution in [0.2, 0.25) is 0 Å². The molecule has 0 spiro atoms. The number of benzene rings is 3. The Kier molecular flexibility index (Phi) is 12.8. The summed E-state index contributed by atoms with van der Waals surface area (Å²) in [6.07, 6.45) is 10.5. The molecule has 13 heteroatoms. The number of H-pyrrole nitrogens is 2. The summed E-state index contributed by atoms with van der Waals surface area (Å²) < 4.78 is 9.60. The van der Waals surface area contributed by atoms with Crippen molar-refractivity contribution < 1.29 is 23.9 Å². The van der Waals surface area contributed by atoms with E-state index in [0.717, 1.165) is 77.9 Å². The van der Waals surface area contributed by atoms with Crippen molar-refractivity contribution >= 4 is 36.1 Å². The van der Waals surface area contributed by atoms with Crippen LogP contribution in [0.4, 0.5) is 10.5 Å². The first-order chi connectivity index (χ1) is 24.8. The third-order valence-electron chi connectivity index (χ3n) is 9.38. The minimum Gasteiger partial charge on any atom is -0.468 e. The maximum atomic E-state index is 13.0. The lowest BCUT2D eigenvalue weighted by Crippen LogP contribution is -2.45. The van der Waals surface area contributed by atoms with Crippen LogP contribution < -0.4 is 16.4 Å². The Bertz CT molecular complexity index is 1950. The lowest BCUT2D eigenvalue weighted by molar-refractivity contribution is -0.143. The molecule has 0 fully saturated rings. The van der Waals surface area contributed by atoms with E-state index in [-0.39, 0.29) is 18.4 Å². The molecule has 52 heavy (non-hydrogen) atoms. The van der Waals surface area contributed by atoms with Gasteiger partial charge in [-0.05, 0) is 114 Å². The molecule has 2 aliphatic rings. The smallest absolute Gasteiger partial charge is 0.328 e.